The second-order valence-electron chi connectivity index (χ2n) is 4.93. The lowest BCUT2D eigenvalue weighted by atomic mass is 10.2. The van der Waals surface area contributed by atoms with Gasteiger partial charge in [-0.15, -0.1) is 0 Å². The predicted molar refractivity (Wildman–Crippen MR) is 92.5 cm³/mol. The van der Waals surface area contributed by atoms with Crippen molar-refractivity contribution in [1.29, 1.82) is 0 Å². The lowest BCUT2D eigenvalue weighted by Gasteiger charge is -2.08. The highest BCUT2D eigenvalue weighted by atomic mass is 79.9. The number of ether oxygens (including phenoxy) is 1. The third-order valence-electron chi connectivity index (χ3n) is 2.97. The number of hydrogen-bond acceptors (Lipinski definition) is 3. The number of amides is 2. The molecule has 0 bridgehead atoms. The summed E-state index contributed by atoms with van der Waals surface area (Å²) < 4.78 is 6.27. The summed E-state index contributed by atoms with van der Waals surface area (Å²) in [7, 11) is 0. The zero-order chi connectivity index (χ0) is 16.7. The van der Waals surface area contributed by atoms with Gasteiger partial charge in [0.2, 0.25) is 5.91 Å². The van der Waals surface area contributed by atoms with Gasteiger partial charge in [0, 0.05) is 10.2 Å². The molecule has 23 heavy (non-hydrogen) atoms. The first-order valence-electron chi connectivity index (χ1n) is 7.04. The fourth-order valence-electron chi connectivity index (χ4n) is 1.75. The molecule has 6 heteroatoms. The highest BCUT2D eigenvalue weighted by Crippen LogP contribution is 2.14. The molecule has 0 saturated carbocycles. The number of nitrogens with one attached hydrogen (secondary N) is 2. The Bertz CT molecular complexity index is 669. The maximum Gasteiger partial charge on any atom is 0.258 e. The Kier molecular flexibility index (Phi) is 6.17. The van der Waals surface area contributed by atoms with Gasteiger partial charge in [-0.3, -0.25) is 9.59 Å². The molecule has 5 nitrogen and oxygen atoms in total. The van der Waals surface area contributed by atoms with Crippen molar-refractivity contribution in [2.24, 2.45) is 0 Å². The Morgan fingerprint density at radius 3 is 2.30 bits per heavy atom. The van der Waals surface area contributed by atoms with Crippen molar-refractivity contribution in [2.75, 3.05) is 18.5 Å². The van der Waals surface area contributed by atoms with Crippen LogP contribution < -0.4 is 15.4 Å². The van der Waals surface area contributed by atoms with Crippen LogP contribution in [-0.4, -0.2) is 25.0 Å². The average molecular weight is 377 g/mol. The maximum absolute atomic E-state index is 11.7. The van der Waals surface area contributed by atoms with Gasteiger partial charge in [-0.05, 0) is 43.3 Å². The molecule has 2 aromatic carbocycles. The minimum Gasteiger partial charge on any atom is -0.484 e. The normalized spacial score (nSPS) is 10.0. The van der Waals surface area contributed by atoms with Gasteiger partial charge >= 0.3 is 0 Å². The molecule has 120 valence electrons. The van der Waals surface area contributed by atoms with Gasteiger partial charge in [-0.1, -0.05) is 33.6 Å². The van der Waals surface area contributed by atoms with E-state index in [4.69, 9.17) is 4.74 Å². The van der Waals surface area contributed by atoms with Crippen molar-refractivity contribution in [3.05, 3.63) is 58.6 Å². The molecule has 2 aromatic rings. The Morgan fingerprint density at radius 1 is 1.00 bits per heavy atom. The Morgan fingerprint density at radius 2 is 1.65 bits per heavy atom. The van der Waals surface area contributed by atoms with Crippen molar-refractivity contribution in [2.45, 2.75) is 6.92 Å². The van der Waals surface area contributed by atoms with E-state index in [0.717, 1.165) is 10.0 Å². The van der Waals surface area contributed by atoms with Crippen molar-refractivity contribution in [3.63, 3.8) is 0 Å². The summed E-state index contributed by atoms with van der Waals surface area (Å²) in [6.45, 7) is 1.74. The molecule has 2 amide bonds. The van der Waals surface area contributed by atoms with Gasteiger partial charge in [0.05, 0.1) is 6.54 Å². The van der Waals surface area contributed by atoms with Gasteiger partial charge in [-0.25, -0.2) is 0 Å². The van der Waals surface area contributed by atoms with E-state index in [1.165, 1.54) is 0 Å². The summed E-state index contributed by atoms with van der Waals surface area (Å²) >= 11 is 3.32. The molecule has 0 saturated heterocycles. The second kappa shape index (κ2) is 8.33. The van der Waals surface area contributed by atoms with Gasteiger partial charge < -0.3 is 15.4 Å². The standard InChI is InChI=1S/C17H17BrN2O3/c1-12-2-8-15(9-3-12)23-11-17(22)19-10-16(21)20-14-6-4-13(18)5-7-14/h2-9H,10-11H2,1H3,(H,19,22)(H,20,21). The number of carbonyl (C=O) groups is 2. The van der Waals surface area contributed by atoms with Crippen LogP contribution in [0.15, 0.2) is 53.0 Å². The Hall–Kier alpha value is -2.34. The Balaban J connectivity index is 1.70. The van der Waals surface area contributed by atoms with Crippen LogP contribution >= 0.6 is 15.9 Å². The quantitative estimate of drug-likeness (QED) is 0.814. The van der Waals surface area contributed by atoms with Crippen molar-refractivity contribution in [1.82, 2.24) is 5.32 Å². The van der Waals surface area contributed by atoms with Crippen molar-refractivity contribution in [3.8, 4) is 5.75 Å². The highest BCUT2D eigenvalue weighted by molar-refractivity contribution is 9.10. The monoisotopic (exact) mass is 376 g/mol. The molecule has 0 heterocycles. The van der Waals surface area contributed by atoms with Crippen LogP contribution in [0.2, 0.25) is 0 Å². The number of anilines is 1. The molecule has 0 aliphatic heterocycles. The number of aryl methyl sites for hydroxylation is 1. The van der Waals surface area contributed by atoms with Crippen LogP contribution in [0.1, 0.15) is 5.56 Å². The molecule has 0 radical (unpaired) electrons. The average Bonchev–Trinajstić information content (AvgIpc) is 2.54. The third-order valence-corrected chi connectivity index (χ3v) is 3.49. The first kappa shape index (κ1) is 17.0. The summed E-state index contributed by atoms with van der Waals surface area (Å²) in [6, 6.07) is 14.6. The van der Waals surface area contributed by atoms with Gasteiger partial charge in [0.25, 0.3) is 5.91 Å². The summed E-state index contributed by atoms with van der Waals surface area (Å²) in [5.41, 5.74) is 1.79. The highest BCUT2D eigenvalue weighted by Gasteiger charge is 2.07. The van der Waals surface area contributed by atoms with E-state index in [2.05, 4.69) is 26.6 Å². The van der Waals surface area contributed by atoms with Crippen molar-refractivity contribution >= 4 is 33.4 Å². The topological polar surface area (TPSA) is 67.4 Å². The smallest absolute Gasteiger partial charge is 0.258 e. The Labute approximate surface area is 143 Å². The van der Waals surface area contributed by atoms with E-state index >= 15 is 0 Å². The van der Waals surface area contributed by atoms with Crippen LogP contribution in [0.25, 0.3) is 0 Å². The summed E-state index contributed by atoms with van der Waals surface area (Å²) in [5, 5.41) is 5.20. The number of rotatable bonds is 6. The van der Waals surface area contributed by atoms with Gasteiger partial charge in [-0.2, -0.15) is 0 Å². The van der Waals surface area contributed by atoms with E-state index in [-0.39, 0.29) is 25.0 Å². The predicted octanol–water partition coefficient (Wildman–Crippen LogP) is 2.89. The number of halogens is 1. The molecule has 0 atom stereocenters. The lowest BCUT2D eigenvalue weighted by Crippen LogP contribution is -2.35. The number of carbonyl (C=O) groups excluding carboxylic acids is 2. The molecule has 2 N–H and O–H groups in total. The minimum atomic E-state index is -0.350. The van der Waals surface area contributed by atoms with Crippen LogP contribution in [0.3, 0.4) is 0 Å². The third kappa shape index (κ3) is 6.12. The van der Waals surface area contributed by atoms with Crippen LogP contribution in [-0.2, 0) is 9.59 Å². The van der Waals surface area contributed by atoms with Gasteiger partial charge in [0.15, 0.2) is 6.61 Å². The largest absolute Gasteiger partial charge is 0.484 e. The zero-order valence-electron chi connectivity index (χ0n) is 12.6. The van der Waals surface area contributed by atoms with Crippen LogP contribution in [0.4, 0.5) is 5.69 Å². The summed E-state index contributed by atoms with van der Waals surface area (Å²) in [5.74, 6) is -0.0300. The molecule has 0 aromatic heterocycles. The van der Waals surface area contributed by atoms with Crippen molar-refractivity contribution < 1.29 is 14.3 Å². The number of hydrogen-bond donors (Lipinski definition) is 2. The minimum absolute atomic E-state index is 0.105. The molecule has 2 rings (SSSR count). The first-order valence-corrected chi connectivity index (χ1v) is 7.84. The second-order valence-corrected chi connectivity index (χ2v) is 5.85. The molecular formula is C17H17BrN2O3. The van der Waals surface area contributed by atoms with E-state index < -0.39 is 0 Å². The lowest BCUT2D eigenvalue weighted by molar-refractivity contribution is -0.125. The molecular weight excluding hydrogens is 360 g/mol. The summed E-state index contributed by atoms with van der Waals surface area (Å²) in [4.78, 5) is 23.4. The molecule has 0 aliphatic rings. The van der Waals surface area contributed by atoms with Crippen LogP contribution in [0.5, 0.6) is 5.75 Å². The fourth-order valence-corrected chi connectivity index (χ4v) is 2.02. The SMILES string of the molecule is Cc1ccc(OCC(=O)NCC(=O)Nc2ccc(Br)cc2)cc1. The molecule has 0 aliphatic carbocycles. The van der Waals surface area contributed by atoms with Crippen LogP contribution in [0, 0.1) is 6.92 Å². The maximum atomic E-state index is 11.7. The van der Waals surface area contributed by atoms with E-state index in [0.29, 0.717) is 11.4 Å². The zero-order valence-corrected chi connectivity index (χ0v) is 14.2. The molecule has 0 unspecified atom stereocenters. The van der Waals surface area contributed by atoms with E-state index in [1.54, 1.807) is 24.3 Å². The molecule has 0 spiro atoms. The van der Waals surface area contributed by atoms with Gasteiger partial charge in [0.1, 0.15) is 5.75 Å². The fraction of sp³-hybridized carbons (Fsp3) is 0.176. The van der Waals surface area contributed by atoms with E-state index in [9.17, 15) is 9.59 Å². The first-order chi connectivity index (χ1) is 11.0. The summed E-state index contributed by atoms with van der Waals surface area (Å²) in [6.07, 6.45) is 0. The number of benzene rings is 2. The van der Waals surface area contributed by atoms with E-state index in [1.807, 2.05) is 31.2 Å². The molecule has 0 fully saturated rings.